The molecule has 4 aromatic rings. The third-order valence-corrected chi connectivity index (χ3v) is 4.14. The predicted molar refractivity (Wildman–Crippen MR) is 96.0 cm³/mol. The summed E-state index contributed by atoms with van der Waals surface area (Å²) in [5.41, 5.74) is 3.81. The van der Waals surface area contributed by atoms with Crippen molar-refractivity contribution in [1.29, 1.82) is 0 Å². The van der Waals surface area contributed by atoms with Gasteiger partial charge in [0.25, 0.3) is 5.91 Å². The second-order valence-electron chi connectivity index (χ2n) is 5.94. The highest BCUT2D eigenvalue weighted by atomic mass is 19.1. The van der Waals surface area contributed by atoms with E-state index in [1.165, 1.54) is 12.1 Å². The quantitative estimate of drug-likeness (QED) is 0.527. The van der Waals surface area contributed by atoms with Gasteiger partial charge in [-0.2, -0.15) is 0 Å². The predicted octanol–water partition coefficient (Wildman–Crippen LogP) is 4.84. The fraction of sp³-hybridized carbons (Fsp3) is 0.0476. The summed E-state index contributed by atoms with van der Waals surface area (Å²) in [7, 11) is 0. The zero-order valence-corrected chi connectivity index (χ0v) is 13.6. The SMILES string of the molecule is Cc1ccc2c(c1)nc(-c1ccc(F)cc1)n2C(=O)c1ccccc1. The molecule has 3 aromatic carbocycles. The van der Waals surface area contributed by atoms with Gasteiger partial charge in [0.2, 0.25) is 0 Å². The molecule has 4 heteroatoms. The minimum Gasteiger partial charge on any atom is -0.268 e. The van der Waals surface area contributed by atoms with Crippen molar-refractivity contribution in [3.05, 3.63) is 89.7 Å². The molecule has 0 amide bonds. The zero-order valence-electron chi connectivity index (χ0n) is 13.6. The van der Waals surface area contributed by atoms with Crippen LogP contribution in [-0.2, 0) is 0 Å². The molecule has 0 aliphatic rings. The summed E-state index contributed by atoms with van der Waals surface area (Å²) in [6.07, 6.45) is 0. The first-order valence-electron chi connectivity index (χ1n) is 7.98. The number of halogens is 1. The standard InChI is InChI=1S/C21H15FN2O/c1-14-7-12-19-18(13-14)23-20(15-8-10-17(22)11-9-15)24(19)21(25)16-5-3-2-4-6-16/h2-13H,1H3. The maximum Gasteiger partial charge on any atom is 0.264 e. The van der Waals surface area contributed by atoms with Crippen LogP contribution in [0.25, 0.3) is 22.4 Å². The van der Waals surface area contributed by atoms with Crippen LogP contribution in [0.5, 0.6) is 0 Å². The van der Waals surface area contributed by atoms with Crippen LogP contribution in [0.1, 0.15) is 15.9 Å². The van der Waals surface area contributed by atoms with E-state index in [4.69, 9.17) is 0 Å². The molecule has 0 spiro atoms. The van der Waals surface area contributed by atoms with Crippen molar-refractivity contribution < 1.29 is 9.18 Å². The fourth-order valence-electron chi connectivity index (χ4n) is 2.90. The van der Waals surface area contributed by atoms with Gasteiger partial charge in [0, 0.05) is 11.1 Å². The number of carbonyl (C=O) groups is 1. The van der Waals surface area contributed by atoms with Gasteiger partial charge < -0.3 is 0 Å². The van der Waals surface area contributed by atoms with Crippen molar-refractivity contribution in [3.63, 3.8) is 0 Å². The van der Waals surface area contributed by atoms with E-state index in [9.17, 15) is 9.18 Å². The molecule has 0 N–H and O–H groups in total. The van der Waals surface area contributed by atoms with Crippen molar-refractivity contribution >= 4 is 16.9 Å². The molecule has 0 bridgehead atoms. The van der Waals surface area contributed by atoms with E-state index in [1.807, 2.05) is 43.3 Å². The van der Waals surface area contributed by atoms with E-state index in [-0.39, 0.29) is 11.7 Å². The maximum absolute atomic E-state index is 13.3. The molecular formula is C21H15FN2O. The van der Waals surface area contributed by atoms with Gasteiger partial charge in [-0.25, -0.2) is 9.37 Å². The van der Waals surface area contributed by atoms with E-state index in [1.54, 1.807) is 28.8 Å². The van der Waals surface area contributed by atoms with Gasteiger partial charge in [-0.15, -0.1) is 0 Å². The monoisotopic (exact) mass is 330 g/mol. The Morgan fingerprint density at radius 1 is 0.960 bits per heavy atom. The number of aryl methyl sites for hydroxylation is 1. The molecule has 25 heavy (non-hydrogen) atoms. The summed E-state index contributed by atoms with van der Waals surface area (Å²) in [5, 5.41) is 0. The molecule has 0 saturated carbocycles. The van der Waals surface area contributed by atoms with Crippen LogP contribution in [0.15, 0.2) is 72.8 Å². The largest absolute Gasteiger partial charge is 0.268 e. The lowest BCUT2D eigenvalue weighted by Gasteiger charge is -2.08. The molecule has 0 atom stereocenters. The lowest BCUT2D eigenvalue weighted by atomic mass is 10.1. The third kappa shape index (κ3) is 2.72. The first-order valence-corrected chi connectivity index (χ1v) is 7.98. The van der Waals surface area contributed by atoms with Crippen molar-refractivity contribution in [2.75, 3.05) is 0 Å². The summed E-state index contributed by atoms with van der Waals surface area (Å²) in [5.74, 6) is 0.0253. The summed E-state index contributed by atoms with van der Waals surface area (Å²) in [6.45, 7) is 1.98. The first-order chi connectivity index (χ1) is 12.1. The molecule has 4 rings (SSSR count). The number of carbonyl (C=O) groups excluding carboxylic acids is 1. The topological polar surface area (TPSA) is 34.9 Å². The highest BCUT2D eigenvalue weighted by Crippen LogP contribution is 2.27. The average molecular weight is 330 g/mol. The van der Waals surface area contributed by atoms with Gasteiger partial charge in [-0.05, 0) is 61.0 Å². The minimum absolute atomic E-state index is 0.161. The number of fused-ring (bicyclic) bond motifs is 1. The minimum atomic E-state index is -0.323. The Morgan fingerprint density at radius 2 is 1.68 bits per heavy atom. The second kappa shape index (κ2) is 5.98. The van der Waals surface area contributed by atoms with E-state index in [0.29, 0.717) is 17.0 Å². The molecule has 1 aromatic heterocycles. The lowest BCUT2D eigenvalue weighted by molar-refractivity contribution is 0.0966. The van der Waals surface area contributed by atoms with Gasteiger partial charge in [0.15, 0.2) is 0 Å². The molecule has 0 saturated heterocycles. The van der Waals surface area contributed by atoms with Crippen molar-refractivity contribution in [2.45, 2.75) is 6.92 Å². The van der Waals surface area contributed by atoms with Gasteiger partial charge in [-0.1, -0.05) is 24.3 Å². The Morgan fingerprint density at radius 3 is 2.40 bits per heavy atom. The highest BCUT2D eigenvalue weighted by molar-refractivity contribution is 6.04. The van der Waals surface area contributed by atoms with E-state index in [2.05, 4.69) is 4.98 Å². The van der Waals surface area contributed by atoms with Gasteiger partial charge in [0.05, 0.1) is 11.0 Å². The molecule has 0 aliphatic carbocycles. The summed E-state index contributed by atoms with van der Waals surface area (Å²) in [4.78, 5) is 17.8. The van der Waals surface area contributed by atoms with Crippen molar-refractivity contribution in [3.8, 4) is 11.4 Å². The lowest BCUT2D eigenvalue weighted by Crippen LogP contribution is -2.13. The van der Waals surface area contributed by atoms with Gasteiger partial charge >= 0.3 is 0 Å². The Labute approximate surface area is 144 Å². The second-order valence-corrected chi connectivity index (χ2v) is 5.94. The molecule has 1 heterocycles. The van der Waals surface area contributed by atoms with Crippen LogP contribution < -0.4 is 0 Å². The summed E-state index contributed by atoms with van der Waals surface area (Å²) >= 11 is 0. The van der Waals surface area contributed by atoms with Crippen molar-refractivity contribution in [1.82, 2.24) is 9.55 Å². The normalized spacial score (nSPS) is 11.0. The Bertz CT molecular complexity index is 1070. The van der Waals surface area contributed by atoms with Crippen molar-refractivity contribution in [2.24, 2.45) is 0 Å². The average Bonchev–Trinajstić information content (AvgIpc) is 3.00. The van der Waals surface area contributed by atoms with E-state index < -0.39 is 0 Å². The molecule has 0 aliphatic heterocycles. The molecule has 0 unspecified atom stereocenters. The number of hydrogen-bond donors (Lipinski definition) is 0. The van der Waals surface area contributed by atoms with Crippen LogP contribution >= 0.6 is 0 Å². The van der Waals surface area contributed by atoms with E-state index in [0.717, 1.165) is 16.6 Å². The Balaban J connectivity index is 1.98. The van der Waals surface area contributed by atoms with Crippen LogP contribution in [0.4, 0.5) is 4.39 Å². The number of imidazole rings is 1. The van der Waals surface area contributed by atoms with Crippen LogP contribution in [0.2, 0.25) is 0 Å². The number of rotatable bonds is 2. The number of benzene rings is 3. The fourth-order valence-corrected chi connectivity index (χ4v) is 2.90. The highest BCUT2D eigenvalue weighted by Gasteiger charge is 2.19. The smallest absolute Gasteiger partial charge is 0.264 e. The van der Waals surface area contributed by atoms with E-state index >= 15 is 0 Å². The Hall–Kier alpha value is -3.27. The van der Waals surface area contributed by atoms with Crippen LogP contribution in [-0.4, -0.2) is 15.5 Å². The Kier molecular flexibility index (Phi) is 3.65. The third-order valence-electron chi connectivity index (χ3n) is 4.14. The maximum atomic E-state index is 13.3. The molecule has 0 radical (unpaired) electrons. The van der Waals surface area contributed by atoms with Crippen LogP contribution in [0, 0.1) is 12.7 Å². The number of nitrogens with zero attached hydrogens (tertiary/aromatic N) is 2. The summed E-state index contributed by atoms with van der Waals surface area (Å²) in [6, 6.07) is 20.9. The number of hydrogen-bond acceptors (Lipinski definition) is 2. The first kappa shape index (κ1) is 15.3. The summed E-state index contributed by atoms with van der Waals surface area (Å²) < 4.78 is 14.9. The van der Waals surface area contributed by atoms with Gasteiger partial charge in [-0.3, -0.25) is 9.36 Å². The van der Waals surface area contributed by atoms with Crippen LogP contribution in [0.3, 0.4) is 0 Å². The zero-order chi connectivity index (χ0) is 17.4. The molecule has 0 fully saturated rings. The molecular weight excluding hydrogens is 315 g/mol. The van der Waals surface area contributed by atoms with Gasteiger partial charge in [0.1, 0.15) is 11.6 Å². The molecule has 122 valence electrons. The molecule has 3 nitrogen and oxygen atoms in total. The number of aromatic nitrogens is 2.